The van der Waals surface area contributed by atoms with Gasteiger partial charge in [-0.15, -0.1) is 0 Å². The van der Waals surface area contributed by atoms with E-state index in [0.29, 0.717) is 0 Å². The molecule has 0 spiro atoms. The first-order chi connectivity index (χ1) is 12.3. The molecule has 1 aliphatic heterocycles. The zero-order valence-corrected chi connectivity index (χ0v) is 13.9. The Kier molecular flexibility index (Phi) is 3.07. The summed E-state index contributed by atoms with van der Waals surface area (Å²) in [7, 11) is 1.73. The Morgan fingerprint density at radius 3 is 2.12 bits per heavy atom. The van der Waals surface area contributed by atoms with Gasteiger partial charge in [0.05, 0.1) is 7.11 Å². The number of hydrogen-bond acceptors (Lipinski definition) is 3. The van der Waals surface area contributed by atoms with Crippen LogP contribution in [-0.4, -0.2) is 7.11 Å². The van der Waals surface area contributed by atoms with E-state index in [0.717, 1.165) is 22.7 Å². The summed E-state index contributed by atoms with van der Waals surface area (Å²) < 4.78 is 5.69. The second kappa shape index (κ2) is 5.42. The molecular formula is C22H18N2O. The van der Waals surface area contributed by atoms with Crippen LogP contribution in [0.3, 0.4) is 0 Å². The van der Waals surface area contributed by atoms with Crippen molar-refractivity contribution in [2.24, 2.45) is 0 Å². The molecule has 3 nitrogen and oxygen atoms in total. The molecule has 122 valence electrons. The van der Waals surface area contributed by atoms with Gasteiger partial charge in [-0.2, -0.15) is 0 Å². The van der Waals surface area contributed by atoms with Gasteiger partial charge in [-0.05, 0) is 34.4 Å². The summed E-state index contributed by atoms with van der Waals surface area (Å²) in [5, 5.41) is 12.2. The van der Waals surface area contributed by atoms with Crippen LogP contribution in [0.25, 0.3) is 21.5 Å². The van der Waals surface area contributed by atoms with Crippen LogP contribution in [0.4, 0.5) is 11.4 Å². The summed E-state index contributed by atoms with van der Waals surface area (Å²) in [6.07, 6.45) is -0.0541. The number of anilines is 2. The third-order valence-electron chi connectivity index (χ3n) is 4.94. The van der Waals surface area contributed by atoms with E-state index >= 15 is 0 Å². The van der Waals surface area contributed by atoms with E-state index in [4.69, 9.17) is 4.74 Å². The van der Waals surface area contributed by atoms with Crippen LogP contribution in [0.5, 0.6) is 5.75 Å². The van der Waals surface area contributed by atoms with Crippen LogP contribution in [0.1, 0.15) is 11.7 Å². The molecule has 0 saturated carbocycles. The molecule has 25 heavy (non-hydrogen) atoms. The summed E-state index contributed by atoms with van der Waals surface area (Å²) in [5.74, 6) is 0.884. The minimum Gasteiger partial charge on any atom is -0.496 e. The zero-order chi connectivity index (χ0) is 16.8. The molecule has 0 fully saturated rings. The van der Waals surface area contributed by atoms with Crippen molar-refractivity contribution in [1.29, 1.82) is 0 Å². The number of hydrogen-bond donors (Lipinski definition) is 2. The van der Waals surface area contributed by atoms with Crippen molar-refractivity contribution in [2.45, 2.75) is 6.17 Å². The van der Waals surface area contributed by atoms with Gasteiger partial charge >= 0.3 is 0 Å². The molecule has 0 saturated heterocycles. The number of ether oxygens (including phenoxy) is 1. The quantitative estimate of drug-likeness (QED) is 0.507. The average Bonchev–Trinajstić information content (AvgIpc) is 2.67. The van der Waals surface area contributed by atoms with Crippen molar-refractivity contribution in [3.8, 4) is 5.75 Å². The maximum Gasteiger partial charge on any atom is 0.127 e. The summed E-state index contributed by atoms with van der Waals surface area (Å²) in [6.45, 7) is 0. The number of rotatable bonds is 2. The molecule has 5 rings (SSSR count). The monoisotopic (exact) mass is 326 g/mol. The van der Waals surface area contributed by atoms with E-state index in [-0.39, 0.29) is 6.17 Å². The van der Waals surface area contributed by atoms with E-state index in [1.807, 2.05) is 6.07 Å². The molecule has 4 aromatic carbocycles. The van der Waals surface area contributed by atoms with Crippen LogP contribution < -0.4 is 15.4 Å². The first-order valence-corrected chi connectivity index (χ1v) is 8.45. The van der Waals surface area contributed by atoms with Crippen LogP contribution in [0, 0.1) is 0 Å². The van der Waals surface area contributed by atoms with Gasteiger partial charge in [0, 0.05) is 22.3 Å². The standard InChI is InChI=1S/C22H18N2O/c1-25-19-13-12-14-6-2-3-9-16(14)21(19)22-23-17-10-4-7-15-8-5-11-18(24-22)20(15)17/h2-13,22-24H,1H3. The third-order valence-corrected chi connectivity index (χ3v) is 4.94. The van der Waals surface area contributed by atoms with E-state index < -0.39 is 0 Å². The fraction of sp³-hybridized carbons (Fsp3) is 0.0909. The maximum atomic E-state index is 5.69. The fourth-order valence-corrected chi connectivity index (χ4v) is 3.82. The summed E-state index contributed by atoms with van der Waals surface area (Å²) in [5.41, 5.74) is 3.42. The Morgan fingerprint density at radius 1 is 0.720 bits per heavy atom. The van der Waals surface area contributed by atoms with Gasteiger partial charge < -0.3 is 15.4 Å². The van der Waals surface area contributed by atoms with Gasteiger partial charge in [0.15, 0.2) is 0 Å². The first kappa shape index (κ1) is 14.2. The van der Waals surface area contributed by atoms with Crippen molar-refractivity contribution >= 4 is 32.9 Å². The Morgan fingerprint density at radius 2 is 1.40 bits per heavy atom. The van der Waals surface area contributed by atoms with Gasteiger partial charge in [-0.25, -0.2) is 0 Å². The van der Waals surface area contributed by atoms with Crippen LogP contribution in [-0.2, 0) is 0 Å². The highest BCUT2D eigenvalue weighted by Gasteiger charge is 2.24. The molecule has 1 heterocycles. The lowest BCUT2D eigenvalue weighted by Gasteiger charge is -2.31. The summed E-state index contributed by atoms with van der Waals surface area (Å²) in [6, 6.07) is 25.3. The predicted octanol–water partition coefficient (Wildman–Crippen LogP) is 5.54. The number of fused-ring (bicyclic) bond motifs is 1. The van der Waals surface area contributed by atoms with Crippen molar-refractivity contribution in [3.63, 3.8) is 0 Å². The third kappa shape index (κ3) is 2.13. The molecule has 2 N–H and O–H groups in total. The predicted molar refractivity (Wildman–Crippen MR) is 104 cm³/mol. The average molecular weight is 326 g/mol. The SMILES string of the molecule is COc1ccc2ccccc2c1C1Nc2cccc3cccc(c23)N1. The van der Waals surface area contributed by atoms with Crippen molar-refractivity contribution in [2.75, 3.05) is 17.7 Å². The van der Waals surface area contributed by atoms with Gasteiger partial charge in [-0.3, -0.25) is 0 Å². The lowest BCUT2D eigenvalue weighted by atomic mass is 9.98. The van der Waals surface area contributed by atoms with Crippen molar-refractivity contribution in [1.82, 2.24) is 0 Å². The van der Waals surface area contributed by atoms with E-state index in [1.54, 1.807) is 7.11 Å². The minimum absolute atomic E-state index is 0.0541. The van der Waals surface area contributed by atoms with Gasteiger partial charge in [0.1, 0.15) is 11.9 Å². The highest BCUT2D eigenvalue weighted by Crippen LogP contribution is 2.42. The van der Waals surface area contributed by atoms with Crippen molar-refractivity contribution < 1.29 is 4.74 Å². The topological polar surface area (TPSA) is 33.3 Å². The molecule has 0 aromatic heterocycles. The van der Waals surface area contributed by atoms with Gasteiger partial charge in [0.2, 0.25) is 0 Å². The first-order valence-electron chi connectivity index (χ1n) is 8.45. The molecule has 0 atom stereocenters. The van der Waals surface area contributed by atoms with Crippen LogP contribution in [0.15, 0.2) is 72.8 Å². The highest BCUT2D eigenvalue weighted by atomic mass is 16.5. The molecule has 0 unspecified atom stereocenters. The number of benzene rings is 4. The molecule has 1 aliphatic rings. The highest BCUT2D eigenvalue weighted by molar-refractivity contribution is 6.05. The smallest absolute Gasteiger partial charge is 0.127 e. The summed E-state index contributed by atoms with van der Waals surface area (Å²) in [4.78, 5) is 0. The molecule has 0 radical (unpaired) electrons. The van der Waals surface area contributed by atoms with Gasteiger partial charge in [-0.1, -0.05) is 54.6 Å². The molecule has 0 bridgehead atoms. The Labute approximate surface area is 146 Å². The van der Waals surface area contributed by atoms with Crippen LogP contribution >= 0.6 is 0 Å². The molecule has 0 aliphatic carbocycles. The maximum absolute atomic E-state index is 5.69. The van der Waals surface area contributed by atoms with E-state index in [2.05, 4.69) is 77.4 Å². The lowest BCUT2D eigenvalue weighted by molar-refractivity contribution is 0.409. The minimum atomic E-state index is -0.0541. The van der Waals surface area contributed by atoms with Crippen molar-refractivity contribution in [3.05, 3.63) is 78.4 Å². The normalized spacial score (nSPS) is 13.5. The fourth-order valence-electron chi connectivity index (χ4n) is 3.82. The Hall–Kier alpha value is -3.20. The number of nitrogens with one attached hydrogen (secondary N) is 2. The second-order valence-electron chi connectivity index (χ2n) is 6.33. The summed E-state index contributed by atoms with van der Waals surface area (Å²) >= 11 is 0. The second-order valence-corrected chi connectivity index (χ2v) is 6.33. The number of methoxy groups -OCH3 is 1. The lowest BCUT2D eigenvalue weighted by Crippen LogP contribution is -2.24. The zero-order valence-electron chi connectivity index (χ0n) is 13.9. The molecule has 4 aromatic rings. The van der Waals surface area contributed by atoms with Gasteiger partial charge in [0.25, 0.3) is 0 Å². The molecule has 0 amide bonds. The molecule has 3 heteroatoms. The van der Waals surface area contributed by atoms with E-state index in [1.165, 1.54) is 21.5 Å². The van der Waals surface area contributed by atoms with E-state index in [9.17, 15) is 0 Å². The molecular weight excluding hydrogens is 308 g/mol. The van der Waals surface area contributed by atoms with Crippen LogP contribution in [0.2, 0.25) is 0 Å². The Balaban J connectivity index is 1.72. The Bertz CT molecular complexity index is 1060. The largest absolute Gasteiger partial charge is 0.496 e.